The minimum absolute atomic E-state index is 0.0891. The van der Waals surface area contributed by atoms with Gasteiger partial charge >= 0.3 is 0 Å². The van der Waals surface area contributed by atoms with Gasteiger partial charge in [-0.3, -0.25) is 4.79 Å². The molecule has 1 amide bonds. The molecule has 1 rings (SSSR count). The standard InChI is InChI=1S/C12H17N3O2S/c1-15(2)11(16)8-18-7-9-4-3-5-10(6-9)12(13)14-17/h3-6,17H,7-8H2,1-2H3,(H2,13,14). The fourth-order valence-corrected chi connectivity index (χ4v) is 2.21. The highest BCUT2D eigenvalue weighted by Gasteiger charge is 2.05. The maximum absolute atomic E-state index is 11.4. The Morgan fingerprint density at radius 1 is 1.50 bits per heavy atom. The Kier molecular flexibility index (Phi) is 5.51. The van der Waals surface area contributed by atoms with Crippen molar-refractivity contribution in [3.63, 3.8) is 0 Å². The molecule has 0 saturated carbocycles. The van der Waals surface area contributed by atoms with Gasteiger partial charge in [0.2, 0.25) is 5.91 Å². The molecule has 0 heterocycles. The van der Waals surface area contributed by atoms with Gasteiger partial charge in [0.1, 0.15) is 0 Å². The van der Waals surface area contributed by atoms with Gasteiger partial charge in [-0.2, -0.15) is 0 Å². The van der Waals surface area contributed by atoms with Crippen LogP contribution in [-0.2, 0) is 10.5 Å². The van der Waals surface area contributed by atoms with Crippen molar-refractivity contribution in [1.29, 1.82) is 0 Å². The Labute approximate surface area is 111 Å². The highest BCUT2D eigenvalue weighted by molar-refractivity contribution is 7.99. The molecule has 0 atom stereocenters. The molecule has 3 N–H and O–H groups in total. The molecule has 0 unspecified atom stereocenters. The molecule has 18 heavy (non-hydrogen) atoms. The minimum Gasteiger partial charge on any atom is -0.409 e. The van der Waals surface area contributed by atoms with Gasteiger partial charge in [0, 0.05) is 25.4 Å². The Bertz CT molecular complexity index is 447. The maximum Gasteiger partial charge on any atom is 0.232 e. The van der Waals surface area contributed by atoms with Crippen molar-refractivity contribution in [3.8, 4) is 0 Å². The van der Waals surface area contributed by atoms with Crippen molar-refractivity contribution < 1.29 is 10.0 Å². The third-order valence-corrected chi connectivity index (χ3v) is 3.31. The number of thioether (sulfide) groups is 1. The van der Waals surface area contributed by atoms with Crippen LogP contribution in [-0.4, -0.2) is 41.7 Å². The number of nitrogens with zero attached hydrogens (tertiary/aromatic N) is 2. The first-order valence-electron chi connectivity index (χ1n) is 5.39. The molecule has 0 fully saturated rings. The van der Waals surface area contributed by atoms with Crippen molar-refractivity contribution in [1.82, 2.24) is 4.90 Å². The summed E-state index contributed by atoms with van der Waals surface area (Å²) in [6.07, 6.45) is 0. The lowest BCUT2D eigenvalue weighted by Gasteiger charge is -2.09. The summed E-state index contributed by atoms with van der Waals surface area (Å²) in [7, 11) is 3.48. The van der Waals surface area contributed by atoms with E-state index < -0.39 is 0 Å². The molecule has 5 nitrogen and oxygen atoms in total. The van der Waals surface area contributed by atoms with Crippen LogP contribution in [0.5, 0.6) is 0 Å². The van der Waals surface area contributed by atoms with Crippen molar-refractivity contribution in [2.45, 2.75) is 5.75 Å². The second-order valence-electron chi connectivity index (χ2n) is 3.97. The Morgan fingerprint density at radius 3 is 2.83 bits per heavy atom. The molecule has 0 aliphatic heterocycles. The summed E-state index contributed by atoms with van der Waals surface area (Å²) in [4.78, 5) is 13.0. The van der Waals surface area contributed by atoms with Crippen molar-refractivity contribution in [3.05, 3.63) is 35.4 Å². The molecular formula is C12H17N3O2S. The number of amidine groups is 1. The zero-order valence-electron chi connectivity index (χ0n) is 10.5. The first-order valence-corrected chi connectivity index (χ1v) is 6.54. The van der Waals surface area contributed by atoms with E-state index in [9.17, 15) is 4.79 Å². The van der Waals surface area contributed by atoms with Gasteiger partial charge in [0.25, 0.3) is 0 Å². The van der Waals surface area contributed by atoms with Crippen LogP contribution in [0.3, 0.4) is 0 Å². The molecule has 1 aromatic rings. The summed E-state index contributed by atoms with van der Waals surface area (Å²) in [6.45, 7) is 0. The number of hydrogen-bond donors (Lipinski definition) is 2. The number of benzene rings is 1. The molecule has 0 aliphatic carbocycles. The summed E-state index contributed by atoms with van der Waals surface area (Å²) in [6, 6.07) is 7.41. The van der Waals surface area contributed by atoms with E-state index in [4.69, 9.17) is 10.9 Å². The van der Waals surface area contributed by atoms with E-state index in [1.54, 1.807) is 25.1 Å². The van der Waals surface area contributed by atoms with Gasteiger partial charge < -0.3 is 15.8 Å². The lowest BCUT2D eigenvalue weighted by molar-refractivity contribution is -0.125. The third kappa shape index (κ3) is 4.29. The van der Waals surface area contributed by atoms with Crippen molar-refractivity contribution in [2.24, 2.45) is 10.9 Å². The van der Waals surface area contributed by atoms with Gasteiger partial charge in [0.15, 0.2) is 5.84 Å². The Balaban J connectivity index is 2.56. The fraction of sp³-hybridized carbons (Fsp3) is 0.333. The normalized spacial score (nSPS) is 11.3. The zero-order valence-corrected chi connectivity index (χ0v) is 11.3. The van der Waals surface area contributed by atoms with Gasteiger partial charge in [-0.25, -0.2) is 0 Å². The Hall–Kier alpha value is -1.69. The van der Waals surface area contributed by atoms with Crippen molar-refractivity contribution >= 4 is 23.5 Å². The molecule has 0 aromatic heterocycles. The van der Waals surface area contributed by atoms with Gasteiger partial charge in [-0.05, 0) is 11.6 Å². The maximum atomic E-state index is 11.4. The lowest BCUT2D eigenvalue weighted by Crippen LogP contribution is -2.23. The second kappa shape index (κ2) is 6.90. The molecule has 1 aromatic carbocycles. The average molecular weight is 267 g/mol. The lowest BCUT2D eigenvalue weighted by atomic mass is 10.1. The zero-order chi connectivity index (χ0) is 13.5. The first-order chi connectivity index (χ1) is 8.54. The molecule has 0 aliphatic rings. The topological polar surface area (TPSA) is 78.9 Å². The number of carbonyl (C=O) groups is 1. The smallest absolute Gasteiger partial charge is 0.232 e. The number of carbonyl (C=O) groups excluding carboxylic acids is 1. The molecule has 98 valence electrons. The summed E-state index contributed by atoms with van der Waals surface area (Å²) in [5, 5.41) is 11.6. The van der Waals surface area contributed by atoms with Crippen LogP contribution in [0.25, 0.3) is 0 Å². The third-order valence-electron chi connectivity index (χ3n) is 2.32. The molecular weight excluding hydrogens is 250 g/mol. The summed E-state index contributed by atoms with van der Waals surface area (Å²) < 4.78 is 0. The van der Waals surface area contributed by atoms with Gasteiger partial charge in [-0.1, -0.05) is 23.4 Å². The highest BCUT2D eigenvalue weighted by atomic mass is 32.2. The predicted molar refractivity (Wildman–Crippen MR) is 73.8 cm³/mol. The summed E-state index contributed by atoms with van der Waals surface area (Å²) >= 11 is 1.54. The van der Waals surface area contributed by atoms with Crippen LogP contribution >= 0.6 is 11.8 Å². The number of amides is 1. The van der Waals surface area contributed by atoms with E-state index in [2.05, 4.69) is 5.16 Å². The quantitative estimate of drug-likeness (QED) is 0.362. The number of nitrogens with two attached hydrogens (primary N) is 1. The number of rotatable bonds is 5. The van der Waals surface area contributed by atoms with Crippen LogP contribution < -0.4 is 5.73 Å². The van der Waals surface area contributed by atoms with E-state index in [1.807, 2.05) is 18.2 Å². The van der Waals surface area contributed by atoms with Gasteiger partial charge in [-0.15, -0.1) is 11.8 Å². The molecule has 0 saturated heterocycles. The summed E-state index contributed by atoms with van der Waals surface area (Å²) in [5.74, 6) is 1.34. The minimum atomic E-state index is 0.0891. The van der Waals surface area contributed by atoms with E-state index in [-0.39, 0.29) is 11.7 Å². The number of oxime groups is 1. The van der Waals surface area contributed by atoms with E-state index in [1.165, 1.54) is 11.8 Å². The summed E-state index contributed by atoms with van der Waals surface area (Å²) in [5.41, 5.74) is 7.23. The Morgan fingerprint density at radius 2 is 2.22 bits per heavy atom. The highest BCUT2D eigenvalue weighted by Crippen LogP contribution is 2.14. The van der Waals surface area contributed by atoms with E-state index >= 15 is 0 Å². The monoisotopic (exact) mass is 267 g/mol. The van der Waals surface area contributed by atoms with E-state index in [0.29, 0.717) is 17.1 Å². The van der Waals surface area contributed by atoms with Crippen molar-refractivity contribution in [2.75, 3.05) is 19.8 Å². The van der Waals surface area contributed by atoms with Gasteiger partial charge in [0.05, 0.1) is 5.75 Å². The van der Waals surface area contributed by atoms with Crippen LogP contribution in [0.4, 0.5) is 0 Å². The SMILES string of the molecule is CN(C)C(=O)CSCc1cccc(/C(N)=N/O)c1. The molecule has 6 heteroatoms. The largest absolute Gasteiger partial charge is 0.409 e. The molecule has 0 spiro atoms. The first kappa shape index (κ1) is 14.4. The van der Waals surface area contributed by atoms with Crippen LogP contribution in [0.2, 0.25) is 0 Å². The number of hydrogen-bond acceptors (Lipinski definition) is 4. The predicted octanol–water partition coefficient (Wildman–Crippen LogP) is 1.10. The second-order valence-corrected chi connectivity index (χ2v) is 4.95. The van der Waals surface area contributed by atoms with E-state index in [0.717, 1.165) is 5.56 Å². The average Bonchev–Trinajstić information content (AvgIpc) is 2.37. The van der Waals surface area contributed by atoms with Crippen LogP contribution in [0, 0.1) is 0 Å². The molecule has 0 bridgehead atoms. The molecule has 0 radical (unpaired) electrons. The fourth-order valence-electron chi connectivity index (χ4n) is 1.26. The van der Waals surface area contributed by atoms with Crippen LogP contribution in [0.15, 0.2) is 29.4 Å². The van der Waals surface area contributed by atoms with Crippen LogP contribution in [0.1, 0.15) is 11.1 Å².